The van der Waals surface area contributed by atoms with Gasteiger partial charge in [-0.2, -0.15) is 0 Å². The molecule has 1 saturated heterocycles. The van der Waals surface area contributed by atoms with Crippen LogP contribution in [0.5, 0.6) is 0 Å². The van der Waals surface area contributed by atoms with Crippen molar-refractivity contribution in [3.05, 3.63) is 93.9 Å². The van der Waals surface area contributed by atoms with Crippen LogP contribution in [0.1, 0.15) is 41.0 Å². The SMILES string of the molecule is O=C(CN1CCC(C(O)c2ccccc2)CC1)NC(c1ccc(F)cc1)c1cccs1. The molecule has 2 unspecified atom stereocenters. The number of carbonyl (C=O) groups excluding carboxylic acids is 1. The summed E-state index contributed by atoms with van der Waals surface area (Å²) < 4.78 is 13.4. The Balaban J connectivity index is 1.33. The quantitative estimate of drug-likeness (QED) is 0.570. The van der Waals surface area contributed by atoms with Crippen LogP contribution in [-0.2, 0) is 4.79 Å². The molecule has 0 saturated carbocycles. The van der Waals surface area contributed by atoms with E-state index in [-0.39, 0.29) is 23.7 Å². The molecule has 4 nitrogen and oxygen atoms in total. The summed E-state index contributed by atoms with van der Waals surface area (Å²) in [7, 11) is 0. The number of nitrogens with one attached hydrogen (secondary N) is 1. The third kappa shape index (κ3) is 5.58. The van der Waals surface area contributed by atoms with Gasteiger partial charge in [-0.1, -0.05) is 48.5 Å². The second kappa shape index (κ2) is 10.2. The lowest BCUT2D eigenvalue weighted by molar-refractivity contribution is -0.123. The summed E-state index contributed by atoms with van der Waals surface area (Å²) in [5.41, 5.74) is 1.82. The minimum atomic E-state index is -0.459. The van der Waals surface area contributed by atoms with Gasteiger partial charge in [0.25, 0.3) is 0 Å². The molecule has 1 amide bonds. The molecule has 6 heteroatoms. The van der Waals surface area contributed by atoms with E-state index in [1.807, 2.05) is 47.8 Å². The Morgan fingerprint density at radius 2 is 1.74 bits per heavy atom. The molecule has 3 aromatic rings. The molecule has 1 aliphatic heterocycles. The Bertz CT molecular complexity index is 955. The van der Waals surface area contributed by atoms with Gasteiger partial charge in [0.15, 0.2) is 0 Å². The number of thiophene rings is 1. The molecule has 31 heavy (non-hydrogen) atoms. The van der Waals surface area contributed by atoms with Crippen molar-refractivity contribution < 1.29 is 14.3 Å². The number of nitrogens with zero attached hydrogens (tertiary/aromatic N) is 1. The van der Waals surface area contributed by atoms with Crippen molar-refractivity contribution in [2.75, 3.05) is 19.6 Å². The number of likely N-dealkylation sites (tertiary alicyclic amines) is 1. The van der Waals surface area contributed by atoms with E-state index in [0.29, 0.717) is 6.54 Å². The molecule has 0 bridgehead atoms. The van der Waals surface area contributed by atoms with Gasteiger partial charge in [0.2, 0.25) is 5.91 Å². The first-order valence-electron chi connectivity index (χ1n) is 10.6. The summed E-state index contributed by atoms with van der Waals surface area (Å²) >= 11 is 1.57. The first-order valence-corrected chi connectivity index (χ1v) is 11.5. The lowest BCUT2D eigenvalue weighted by Gasteiger charge is -2.34. The van der Waals surface area contributed by atoms with Crippen LogP contribution in [0.4, 0.5) is 4.39 Å². The van der Waals surface area contributed by atoms with E-state index in [4.69, 9.17) is 0 Å². The number of halogens is 1. The van der Waals surface area contributed by atoms with Crippen LogP contribution in [0, 0.1) is 11.7 Å². The zero-order valence-corrected chi connectivity index (χ0v) is 18.1. The van der Waals surface area contributed by atoms with Gasteiger partial charge in [0, 0.05) is 4.88 Å². The molecule has 2 N–H and O–H groups in total. The van der Waals surface area contributed by atoms with Gasteiger partial charge in [-0.3, -0.25) is 9.69 Å². The first kappa shape index (κ1) is 21.7. The van der Waals surface area contributed by atoms with Crippen molar-refractivity contribution in [2.45, 2.75) is 25.0 Å². The number of amides is 1. The van der Waals surface area contributed by atoms with Crippen LogP contribution in [0.25, 0.3) is 0 Å². The average molecular weight is 439 g/mol. The molecule has 0 aliphatic carbocycles. The van der Waals surface area contributed by atoms with Crippen molar-refractivity contribution in [2.24, 2.45) is 5.92 Å². The minimum Gasteiger partial charge on any atom is -0.388 e. The Labute approximate surface area is 186 Å². The number of benzene rings is 2. The Morgan fingerprint density at radius 1 is 1.03 bits per heavy atom. The highest BCUT2D eigenvalue weighted by Gasteiger charge is 2.27. The van der Waals surface area contributed by atoms with E-state index in [0.717, 1.165) is 41.9 Å². The van der Waals surface area contributed by atoms with Crippen LogP contribution in [0.2, 0.25) is 0 Å². The molecule has 0 spiro atoms. The molecule has 2 aromatic carbocycles. The highest BCUT2D eigenvalue weighted by Crippen LogP contribution is 2.31. The van der Waals surface area contributed by atoms with E-state index in [1.54, 1.807) is 23.5 Å². The molecular weight excluding hydrogens is 411 g/mol. The predicted molar refractivity (Wildman–Crippen MR) is 121 cm³/mol. The van der Waals surface area contributed by atoms with Gasteiger partial charge >= 0.3 is 0 Å². The topological polar surface area (TPSA) is 52.6 Å². The largest absolute Gasteiger partial charge is 0.388 e. The second-order valence-electron chi connectivity index (χ2n) is 8.04. The van der Waals surface area contributed by atoms with Gasteiger partial charge in [0.05, 0.1) is 18.7 Å². The van der Waals surface area contributed by atoms with Gasteiger partial charge in [-0.25, -0.2) is 4.39 Å². The number of rotatable bonds is 7. The number of aliphatic hydroxyl groups is 1. The predicted octanol–water partition coefficient (Wildman–Crippen LogP) is 4.54. The zero-order chi connectivity index (χ0) is 21.6. The number of hydrogen-bond acceptors (Lipinski definition) is 4. The summed E-state index contributed by atoms with van der Waals surface area (Å²) in [5.74, 6) is -0.134. The summed E-state index contributed by atoms with van der Waals surface area (Å²) in [4.78, 5) is 16.0. The van der Waals surface area contributed by atoms with Crippen molar-refractivity contribution in [1.29, 1.82) is 0 Å². The maximum Gasteiger partial charge on any atom is 0.234 e. The van der Waals surface area contributed by atoms with Gasteiger partial charge in [-0.05, 0) is 66.6 Å². The molecule has 1 aromatic heterocycles. The number of carbonyl (C=O) groups is 1. The fraction of sp³-hybridized carbons (Fsp3) is 0.320. The van der Waals surface area contributed by atoms with E-state index < -0.39 is 6.10 Å². The fourth-order valence-electron chi connectivity index (χ4n) is 4.19. The molecule has 2 heterocycles. The number of hydrogen-bond donors (Lipinski definition) is 2. The van der Waals surface area contributed by atoms with E-state index in [9.17, 15) is 14.3 Å². The van der Waals surface area contributed by atoms with Crippen molar-refractivity contribution in [3.8, 4) is 0 Å². The van der Waals surface area contributed by atoms with Gasteiger partial charge in [-0.15, -0.1) is 11.3 Å². The maximum absolute atomic E-state index is 13.4. The van der Waals surface area contributed by atoms with Crippen LogP contribution < -0.4 is 5.32 Å². The highest BCUT2D eigenvalue weighted by atomic mass is 32.1. The Morgan fingerprint density at radius 3 is 2.39 bits per heavy atom. The molecule has 162 valence electrons. The molecule has 4 rings (SSSR count). The molecule has 2 atom stereocenters. The van der Waals surface area contributed by atoms with Crippen LogP contribution >= 0.6 is 11.3 Å². The Hall–Kier alpha value is -2.54. The lowest BCUT2D eigenvalue weighted by atomic mass is 9.87. The monoisotopic (exact) mass is 438 g/mol. The van der Waals surface area contributed by atoms with E-state index >= 15 is 0 Å². The van der Waals surface area contributed by atoms with E-state index in [1.165, 1.54) is 12.1 Å². The maximum atomic E-state index is 13.4. The standard InChI is InChI=1S/C25H27FN2O2S/c26-21-10-8-18(9-11-21)24(22-7-4-16-31-22)27-23(29)17-28-14-12-20(13-15-28)25(30)19-5-2-1-3-6-19/h1-11,16,20,24-25,30H,12-15,17H2,(H,27,29). The minimum absolute atomic E-state index is 0.0511. The average Bonchev–Trinajstić information content (AvgIpc) is 3.33. The highest BCUT2D eigenvalue weighted by molar-refractivity contribution is 7.10. The second-order valence-corrected chi connectivity index (χ2v) is 9.02. The first-order chi connectivity index (χ1) is 15.1. The van der Waals surface area contributed by atoms with Gasteiger partial charge in [0.1, 0.15) is 5.82 Å². The normalized spacial score (nSPS) is 17.2. The fourth-order valence-corrected chi connectivity index (χ4v) is 4.99. The molecule has 1 fully saturated rings. The summed E-state index contributed by atoms with van der Waals surface area (Å²) in [6.45, 7) is 1.88. The third-order valence-corrected chi connectivity index (χ3v) is 6.86. The third-order valence-electron chi connectivity index (χ3n) is 5.92. The van der Waals surface area contributed by atoms with E-state index in [2.05, 4.69) is 10.2 Å². The number of piperidine rings is 1. The summed E-state index contributed by atoms with van der Waals surface area (Å²) in [6.07, 6.45) is 1.25. The lowest BCUT2D eigenvalue weighted by Crippen LogP contribution is -2.43. The van der Waals surface area contributed by atoms with Crippen molar-refractivity contribution >= 4 is 17.2 Å². The van der Waals surface area contributed by atoms with Crippen LogP contribution in [0.3, 0.4) is 0 Å². The smallest absolute Gasteiger partial charge is 0.234 e. The van der Waals surface area contributed by atoms with Crippen LogP contribution in [0.15, 0.2) is 72.1 Å². The zero-order valence-electron chi connectivity index (χ0n) is 17.3. The van der Waals surface area contributed by atoms with Crippen LogP contribution in [-0.4, -0.2) is 35.5 Å². The summed E-state index contributed by atoms with van der Waals surface area (Å²) in [5, 5.41) is 15.8. The molecular formula is C25H27FN2O2S. The van der Waals surface area contributed by atoms with Gasteiger partial charge < -0.3 is 10.4 Å². The Kier molecular flexibility index (Phi) is 7.12. The van der Waals surface area contributed by atoms with Crippen molar-refractivity contribution in [1.82, 2.24) is 10.2 Å². The summed E-state index contributed by atoms with van der Waals surface area (Å²) in [6, 6.07) is 19.7. The molecule has 1 aliphatic rings. The number of aliphatic hydroxyl groups excluding tert-OH is 1. The molecule has 0 radical (unpaired) electrons. The van der Waals surface area contributed by atoms with Crippen molar-refractivity contribution in [3.63, 3.8) is 0 Å².